The summed E-state index contributed by atoms with van der Waals surface area (Å²) in [6.07, 6.45) is 1.17. The summed E-state index contributed by atoms with van der Waals surface area (Å²) >= 11 is 0. The van der Waals surface area contributed by atoms with Crippen LogP contribution in [0.4, 0.5) is 0 Å². The van der Waals surface area contributed by atoms with E-state index in [0.717, 1.165) is 17.7 Å². The van der Waals surface area contributed by atoms with Crippen molar-refractivity contribution in [2.24, 2.45) is 0 Å². The molecule has 146 valence electrons. The Labute approximate surface area is 158 Å². The molecular weight excluding hydrogens is 350 g/mol. The molecule has 7 nitrogen and oxygen atoms in total. The summed E-state index contributed by atoms with van der Waals surface area (Å²) in [5, 5.41) is 12.0. The number of rotatable bonds is 9. The smallest absolute Gasteiger partial charge is 0.305 e. The van der Waals surface area contributed by atoms with Crippen LogP contribution < -0.4 is 14.8 Å². The Morgan fingerprint density at radius 2 is 1.81 bits per heavy atom. The predicted molar refractivity (Wildman–Crippen MR) is 99.5 cm³/mol. The molecule has 0 fully saturated rings. The number of nitrogens with one attached hydrogen (secondary N) is 1. The minimum absolute atomic E-state index is 0.180. The van der Waals surface area contributed by atoms with Gasteiger partial charge in [0.1, 0.15) is 5.76 Å². The number of carboxylic acid groups (broad SMARTS) is 1. The topological polar surface area (TPSA) is 98.0 Å². The van der Waals surface area contributed by atoms with E-state index in [1.165, 1.54) is 14.2 Å². The molecule has 0 aliphatic carbocycles. The normalized spacial score (nSPS) is 11.7. The van der Waals surface area contributed by atoms with Gasteiger partial charge in [-0.1, -0.05) is 19.9 Å². The van der Waals surface area contributed by atoms with E-state index >= 15 is 0 Å². The molecule has 2 N–H and O–H groups in total. The van der Waals surface area contributed by atoms with Crippen LogP contribution in [0.2, 0.25) is 0 Å². The molecule has 2 rings (SSSR count). The second kappa shape index (κ2) is 9.12. The number of furan rings is 1. The Morgan fingerprint density at radius 3 is 2.33 bits per heavy atom. The van der Waals surface area contributed by atoms with Gasteiger partial charge in [0, 0.05) is 6.42 Å². The molecule has 0 bridgehead atoms. The zero-order valence-corrected chi connectivity index (χ0v) is 16.0. The van der Waals surface area contributed by atoms with Crippen molar-refractivity contribution in [1.29, 1.82) is 0 Å². The lowest BCUT2D eigenvalue weighted by Gasteiger charge is -2.18. The SMILES string of the molecule is CCc1cc(C(=O)NC(CC(=O)O)c2ccc(OC)c(OC)c2)oc1CC. The zero-order chi connectivity index (χ0) is 20.0. The van der Waals surface area contributed by atoms with Crippen LogP contribution in [-0.2, 0) is 17.6 Å². The van der Waals surface area contributed by atoms with E-state index in [1.54, 1.807) is 24.3 Å². The maximum absolute atomic E-state index is 12.6. The van der Waals surface area contributed by atoms with E-state index in [1.807, 2.05) is 13.8 Å². The second-order valence-electron chi connectivity index (χ2n) is 6.00. The molecule has 1 atom stereocenters. The molecule has 1 aromatic carbocycles. The zero-order valence-electron chi connectivity index (χ0n) is 16.0. The Kier molecular flexibility index (Phi) is 6.87. The van der Waals surface area contributed by atoms with Gasteiger partial charge in [-0.05, 0) is 35.7 Å². The standard InChI is InChI=1S/C20H25NO6/c1-5-12-9-18(27-15(12)6-2)20(24)21-14(11-19(22)23)13-7-8-16(25-3)17(10-13)26-4/h7-10,14H,5-6,11H2,1-4H3,(H,21,24)(H,22,23). The molecule has 2 aromatic rings. The van der Waals surface area contributed by atoms with Gasteiger partial charge < -0.3 is 24.3 Å². The first kappa shape index (κ1) is 20.4. The predicted octanol–water partition coefficient (Wildman–Crippen LogP) is 3.37. The highest BCUT2D eigenvalue weighted by Gasteiger charge is 2.23. The molecule has 0 saturated carbocycles. The number of benzene rings is 1. The quantitative estimate of drug-likeness (QED) is 0.697. The minimum Gasteiger partial charge on any atom is -0.493 e. The highest BCUT2D eigenvalue weighted by molar-refractivity contribution is 5.92. The average molecular weight is 375 g/mol. The molecular formula is C20H25NO6. The summed E-state index contributed by atoms with van der Waals surface area (Å²) in [7, 11) is 3.01. The van der Waals surface area contributed by atoms with Crippen molar-refractivity contribution >= 4 is 11.9 Å². The monoisotopic (exact) mass is 375 g/mol. The van der Waals surface area contributed by atoms with Crippen LogP contribution in [-0.4, -0.2) is 31.2 Å². The lowest BCUT2D eigenvalue weighted by molar-refractivity contribution is -0.137. The fourth-order valence-electron chi connectivity index (χ4n) is 2.90. The van der Waals surface area contributed by atoms with Crippen molar-refractivity contribution < 1.29 is 28.6 Å². The van der Waals surface area contributed by atoms with Gasteiger partial charge in [-0.15, -0.1) is 0 Å². The van der Waals surface area contributed by atoms with Crippen molar-refractivity contribution in [3.8, 4) is 11.5 Å². The van der Waals surface area contributed by atoms with Crippen molar-refractivity contribution in [1.82, 2.24) is 5.32 Å². The summed E-state index contributed by atoms with van der Waals surface area (Å²) in [5.74, 6) is 0.443. The summed E-state index contributed by atoms with van der Waals surface area (Å²) in [6.45, 7) is 3.94. The number of hydrogen-bond donors (Lipinski definition) is 2. The van der Waals surface area contributed by atoms with Crippen molar-refractivity contribution in [2.75, 3.05) is 14.2 Å². The van der Waals surface area contributed by atoms with E-state index < -0.39 is 17.9 Å². The number of carbonyl (C=O) groups is 2. The van der Waals surface area contributed by atoms with Gasteiger partial charge in [-0.3, -0.25) is 9.59 Å². The lowest BCUT2D eigenvalue weighted by Crippen LogP contribution is -2.30. The molecule has 27 heavy (non-hydrogen) atoms. The molecule has 1 unspecified atom stereocenters. The third-order valence-corrected chi connectivity index (χ3v) is 4.32. The number of aryl methyl sites for hydroxylation is 2. The maximum Gasteiger partial charge on any atom is 0.305 e. The first-order valence-corrected chi connectivity index (χ1v) is 8.79. The maximum atomic E-state index is 12.6. The Bertz CT molecular complexity index is 789. The summed E-state index contributed by atoms with van der Waals surface area (Å²) in [4.78, 5) is 23.9. The number of amides is 1. The van der Waals surface area contributed by atoms with Crippen molar-refractivity contribution in [3.63, 3.8) is 0 Å². The number of hydrogen-bond acceptors (Lipinski definition) is 5. The fraction of sp³-hybridized carbons (Fsp3) is 0.400. The third kappa shape index (κ3) is 4.81. The number of aliphatic carboxylic acids is 1. The van der Waals surface area contributed by atoms with Gasteiger partial charge in [-0.25, -0.2) is 0 Å². The van der Waals surface area contributed by atoms with Gasteiger partial charge in [0.05, 0.1) is 26.7 Å². The number of ether oxygens (including phenoxy) is 2. The molecule has 1 amide bonds. The molecule has 7 heteroatoms. The third-order valence-electron chi connectivity index (χ3n) is 4.32. The van der Waals surface area contributed by atoms with Crippen LogP contribution in [0.5, 0.6) is 11.5 Å². The highest BCUT2D eigenvalue weighted by atomic mass is 16.5. The van der Waals surface area contributed by atoms with Gasteiger partial charge in [0.2, 0.25) is 0 Å². The number of carboxylic acids is 1. The summed E-state index contributed by atoms with van der Waals surface area (Å²) in [6, 6.07) is 6.00. The molecule has 0 radical (unpaired) electrons. The molecule has 0 spiro atoms. The summed E-state index contributed by atoms with van der Waals surface area (Å²) < 4.78 is 16.1. The Morgan fingerprint density at radius 1 is 1.11 bits per heavy atom. The fourth-order valence-corrected chi connectivity index (χ4v) is 2.90. The van der Waals surface area contributed by atoms with Crippen molar-refractivity contribution in [2.45, 2.75) is 39.2 Å². The largest absolute Gasteiger partial charge is 0.493 e. The molecule has 1 aromatic heterocycles. The van der Waals surface area contributed by atoms with Crippen LogP contribution in [0.25, 0.3) is 0 Å². The summed E-state index contributed by atoms with van der Waals surface area (Å²) in [5.41, 5.74) is 1.57. The van der Waals surface area contributed by atoms with Gasteiger partial charge >= 0.3 is 5.97 Å². The van der Waals surface area contributed by atoms with Crippen molar-refractivity contribution in [3.05, 3.63) is 46.9 Å². The second-order valence-corrected chi connectivity index (χ2v) is 6.00. The van der Waals surface area contributed by atoms with E-state index in [9.17, 15) is 14.7 Å². The van der Waals surface area contributed by atoms with Crippen LogP contribution in [0.1, 0.15) is 53.8 Å². The van der Waals surface area contributed by atoms with E-state index in [-0.39, 0.29) is 12.2 Å². The average Bonchev–Trinajstić information content (AvgIpc) is 3.10. The van der Waals surface area contributed by atoms with E-state index in [0.29, 0.717) is 23.5 Å². The molecule has 0 aliphatic rings. The van der Waals surface area contributed by atoms with Crippen LogP contribution >= 0.6 is 0 Å². The highest BCUT2D eigenvalue weighted by Crippen LogP contribution is 2.31. The van der Waals surface area contributed by atoms with Crippen LogP contribution in [0.15, 0.2) is 28.7 Å². The lowest BCUT2D eigenvalue weighted by atomic mass is 10.0. The number of carbonyl (C=O) groups excluding carboxylic acids is 1. The molecule has 1 heterocycles. The van der Waals surface area contributed by atoms with Crippen LogP contribution in [0, 0.1) is 0 Å². The van der Waals surface area contributed by atoms with Gasteiger partial charge in [0.25, 0.3) is 5.91 Å². The first-order chi connectivity index (χ1) is 12.9. The first-order valence-electron chi connectivity index (χ1n) is 8.79. The molecule has 0 aliphatic heterocycles. The Balaban J connectivity index is 2.30. The van der Waals surface area contributed by atoms with E-state index in [2.05, 4.69) is 5.32 Å². The number of methoxy groups -OCH3 is 2. The molecule has 0 saturated heterocycles. The van der Waals surface area contributed by atoms with E-state index in [4.69, 9.17) is 13.9 Å². The Hall–Kier alpha value is -2.96. The van der Waals surface area contributed by atoms with Gasteiger partial charge in [-0.2, -0.15) is 0 Å². The van der Waals surface area contributed by atoms with Crippen LogP contribution in [0.3, 0.4) is 0 Å². The minimum atomic E-state index is -1.03. The van der Waals surface area contributed by atoms with Gasteiger partial charge in [0.15, 0.2) is 17.3 Å².